The van der Waals surface area contributed by atoms with E-state index in [9.17, 15) is 53.4 Å². The Kier molecular flexibility index (Phi) is 26.7. The molecule has 0 aromatic rings. The predicted molar refractivity (Wildman–Crippen MR) is 220 cm³/mol. The predicted octanol–water partition coefficient (Wildman–Crippen LogP) is 1.52. The molecule has 6 atom stereocenters. The highest BCUT2D eigenvalue weighted by atomic mass is 16.3. The van der Waals surface area contributed by atoms with Crippen LogP contribution in [0, 0.1) is 17.8 Å². The minimum absolute atomic E-state index is 0.00917. The molecule has 336 valence electrons. The van der Waals surface area contributed by atoms with Gasteiger partial charge in [0.15, 0.2) is 5.78 Å². The zero-order chi connectivity index (χ0) is 44.3. The molecule has 6 amide bonds. The standard InChI is InChI=1S/C42H72N6O11/c1-5-6-7-8-9-10-11-12-13-14-15-17-32(52)23-30(22-28(2)3)39(56)47-34(27-51)36(53)24-31(26-50)42(59)48-20-16-18-35(48)41(58)45-29(4)38(55)46-33(25-37(43)54)40(57)44-19-21-49/h21,28-31,33-35,50-51H,5-20,22-27H2,1-4H3,(H2,43,54)(H,44,57)(H,45,58)(H,46,55)(H,47,56)/t29-,30+,31-,33-,34-,35+/m0/s1. The number of nitrogens with one attached hydrogen (secondary N) is 4. The maximum atomic E-state index is 13.6. The van der Waals surface area contributed by atoms with Gasteiger partial charge in [-0.1, -0.05) is 85.0 Å². The van der Waals surface area contributed by atoms with E-state index in [0.717, 1.165) is 25.7 Å². The monoisotopic (exact) mass is 837 g/mol. The first kappa shape index (κ1) is 52.8. The summed E-state index contributed by atoms with van der Waals surface area (Å²) in [6.07, 6.45) is 13.4. The molecule has 17 heteroatoms. The summed E-state index contributed by atoms with van der Waals surface area (Å²) in [6, 6.07) is -5.10. The summed E-state index contributed by atoms with van der Waals surface area (Å²) < 4.78 is 0. The van der Waals surface area contributed by atoms with Crippen molar-refractivity contribution < 1.29 is 53.4 Å². The highest BCUT2D eigenvalue weighted by Crippen LogP contribution is 2.23. The van der Waals surface area contributed by atoms with Gasteiger partial charge in [-0.2, -0.15) is 0 Å². The highest BCUT2D eigenvalue weighted by molar-refractivity contribution is 5.97. The molecule has 1 rings (SSSR count). The third-order valence-corrected chi connectivity index (χ3v) is 10.6. The number of rotatable bonds is 33. The Morgan fingerprint density at radius 3 is 1.86 bits per heavy atom. The molecule has 1 heterocycles. The van der Waals surface area contributed by atoms with Gasteiger partial charge in [0, 0.05) is 31.7 Å². The van der Waals surface area contributed by atoms with Gasteiger partial charge >= 0.3 is 0 Å². The first-order valence-corrected chi connectivity index (χ1v) is 21.6. The Morgan fingerprint density at radius 2 is 1.32 bits per heavy atom. The number of aldehydes is 1. The lowest BCUT2D eigenvalue weighted by molar-refractivity contribution is -0.145. The van der Waals surface area contributed by atoms with E-state index in [1.54, 1.807) is 0 Å². The van der Waals surface area contributed by atoms with Crippen molar-refractivity contribution in [2.75, 3.05) is 26.3 Å². The molecule has 0 radical (unpaired) electrons. The van der Waals surface area contributed by atoms with Crippen molar-refractivity contribution in [1.29, 1.82) is 0 Å². The van der Waals surface area contributed by atoms with Gasteiger partial charge in [0.25, 0.3) is 0 Å². The number of hydrogen-bond donors (Lipinski definition) is 7. The summed E-state index contributed by atoms with van der Waals surface area (Å²) in [5, 5.41) is 29.8. The number of Topliss-reactive ketones (excluding diaryl/α,β-unsaturated/α-hetero) is 2. The number of unbranched alkanes of at least 4 members (excludes halogenated alkanes) is 10. The van der Waals surface area contributed by atoms with Crippen molar-refractivity contribution in [3.63, 3.8) is 0 Å². The van der Waals surface area contributed by atoms with Crippen LogP contribution in [0.1, 0.15) is 143 Å². The van der Waals surface area contributed by atoms with E-state index in [1.165, 1.54) is 56.8 Å². The van der Waals surface area contributed by atoms with Crippen LogP contribution in [0.15, 0.2) is 0 Å². The third kappa shape index (κ3) is 21.0. The third-order valence-electron chi connectivity index (χ3n) is 10.6. The van der Waals surface area contributed by atoms with E-state index in [4.69, 9.17) is 5.73 Å². The Balaban J connectivity index is 2.78. The number of nitrogens with zero attached hydrogens (tertiary/aromatic N) is 1. The number of nitrogens with two attached hydrogens (primary N) is 1. The molecular weight excluding hydrogens is 764 g/mol. The van der Waals surface area contributed by atoms with E-state index in [-0.39, 0.29) is 37.6 Å². The number of carbonyl (C=O) groups is 9. The molecule has 59 heavy (non-hydrogen) atoms. The Bertz CT molecular complexity index is 1380. The molecule has 1 aliphatic rings. The molecule has 0 spiro atoms. The van der Waals surface area contributed by atoms with Crippen LogP contribution in [0.25, 0.3) is 0 Å². The van der Waals surface area contributed by atoms with Gasteiger partial charge in [-0.25, -0.2) is 0 Å². The van der Waals surface area contributed by atoms with Gasteiger partial charge in [0.1, 0.15) is 36.2 Å². The Hall–Kier alpha value is -4.25. The SMILES string of the molecule is CCCCCCCCCCCCCC(=O)C[C@@H](CC(C)C)C(=O)N[C@@H](CO)C(=O)C[C@@H](CO)C(=O)N1CCC[C@@H]1C(=O)N[C@@H](C)C(=O)N[C@@H](CC(N)=O)C(=O)NCC=O. The fraction of sp³-hybridized carbons (Fsp3) is 0.786. The lowest BCUT2D eigenvalue weighted by Crippen LogP contribution is -2.56. The minimum atomic E-state index is -1.41. The smallest absolute Gasteiger partial charge is 0.243 e. The summed E-state index contributed by atoms with van der Waals surface area (Å²) >= 11 is 0. The lowest BCUT2D eigenvalue weighted by Gasteiger charge is -2.29. The second kappa shape index (κ2) is 29.9. The summed E-state index contributed by atoms with van der Waals surface area (Å²) in [4.78, 5) is 115. The number of aliphatic hydroxyl groups is 2. The molecule has 0 aromatic heterocycles. The summed E-state index contributed by atoms with van der Waals surface area (Å²) in [5.41, 5.74) is 5.18. The Morgan fingerprint density at radius 1 is 0.729 bits per heavy atom. The molecule has 0 saturated carbocycles. The summed E-state index contributed by atoms with van der Waals surface area (Å²) in [7, 11) is 0. The molecule has 0 aromatic carbocycles. The van der Waals surface area contributed by atoms with Crippen LogP contribution in [0.5, 0.6) is 0 Å². The quantitative estimate of drug-likeness (QED) is 0.0368. The molecule has 0 unspecified atom stereocenters. The topological polar surface area (TPSA) is 271 Å². The number of hydrogen-bond acceptors (Lipinski definition) is 11. The van der Waals surface area contributed by atoms with Crippen LogP contribution < -0.4 is 27.0 Å². The van der Waals surface area contributed by atoms with Crippen molar-refractivity contribution >= 4 is 53.3 Å². The fourth-order valence-electron chi connectivity index (χ4n) is 7.23. The van der Waals surface area contributed by atoms with Crippen LogP contribution in [0.2, 0.25) is 0 Å². The van der Waals surface area contributed by atoms with Crippen LogP contribution in [0.3, 0.4) is 0 Å². The second-order valence-corrected chi connectivity index (χ2v) is 16.2. The molecule has 0 bridgehead atoms. The van der Waals surface area contributed by atoms with Crippen LogP contribution in [-0.4, -0.2) is 119 Å². The highest BCUT2D eigenvalue weighted by Gasteiger charge is 2.39. The fourth-order valence-corrected chi connectivity index (χ4v) is 7.23. The van der Waals surface area contributed by atoms with E-state index in [0.29, 0.717) is 25.5 Å². The zero-order valence-electron chi connectivity index (χ0n) is 35.8. The van der Waals surface area contributed by atoms with Crippen molar-refractivity contribution in [2.24, 2.45) is 23.5 Å². The average molecular weight is 837 g/mol. The number of aliphatic hydroxyl groups excluding tert-OH is 2. The normalized spacial score (nSPS) is 16.3. The maximum absolute atomic E-state index is 13.6. The molecule has 8 N–H and O–H groups in total. The minimum Gasteiger partial charge on any atom is -0.396 e. The zero-order valence-corrected chi connectivity index (χ0v) is 35.8. The molecule has 1 aliphatic heterocycles. The van der Waals surface area contributed by atoms with Crippen LogP contribution in [0.4, 0.5) is 0 Å². The number of amides is 6. The van der Waals surface area contributed by atoms with Gasteiger partial charge in [0.05, 0.1) is 32.1 Å². The van der Waals surface area contributed by atoms with E-state index in [2.05, 4.69) is 28.2 Å². The van der Waals surface area contributed by atoms with Crippen molar-refractivity contribution in [3.8, 4) is 0 Å². The van der Waals surface area contributed by atoms with E-state index < -0.39 is 103 Å². The maximum Gasteiger partial charge on any atom is 0.243 e. The average Bonchev–Trinajstić information content (AvgIpc) is 3.69. The van der Waals surface area contributed by atoms with Gasteiger partial charge in [-0.3, -0.25) is 38.4 Å². The van der Waals surface area contributed by atoms with E-state index in [1.807, 2.05) is 13.8 Å². The lowest BCUT2D eigenvalue weighted by atomic mass is 9.89. The molecule has 1 fully saturated rings. The van der Waals surface area contributed by atoms with Gasteiger partial charge in [-0.15, -0.1) is 0 Å². The molecule has 0 aliphatic carbocycles. The summed E-state index contributed by atoms with van der Waals surface area (Å²) in [5.74, 6) is -7.25. The van der Waals surface area contributed by atoms with Crippen molar-refractivity contribution in [1.82, 2.24) is 26.2 Å². The number of likely N-dealkylation sites (tertiary alicyclic amines) is 1. The molecule has 17 nitrogen and oxygen atoms in total. The van der Waals surface area contributed by atoms with Gasteiger partial charge in [-0.05, 0) is 38.5 Å². The number of ketones is 2. The number of primary amides is 1. The van der Waals surface area contributed by atoms with Crippen LogP contribution in [-0.2, 0) is 43.2 Å². The van der Waals surface area contributed by atoms with Crippen molar-refractivity contribution in [2.45, 2.75) is 167 Å². The van der Waals surface area contributed by atoms with E-state index >= 15 is 0 Å². The first-order valence-electron chi connectivity index (χ1n) is 21.6. The van der Waals surface area contributed by atoms with Crippen LogP contribution >= 0.6 is 0 Å². The largest absolute Gasteiger partial charge is 0.396 e. The first-order chi connectivity index (χ1) is 28.1. The second-order valence-electron chi connectivity index (χ2n) is 16.2. The summed E-state index contributed by atoms with van der Waals surface area (Å²) in [6.45, 7) is 5.58. The molecule has 1 saturated heterocycles. The molecular formula is C42H72N6O11. The Labute approximate surface area is 349 Å². The van der Waals surface area contributed by atoms with Gasteiger partial charge in [0.2, 0.25) is 35.4 Å². The number of carbonyl (C=O) groups excluding carboxylic acids is 9. The van der Waals surface area contributed by atoms with Gasteiger partial charge < -0.3 is 46.9 Å². The van der Waals surface area contributed by atoms with Crippen molar-refractivity contribution in [3.05, 3.63) is 0 Å².